The quantitative estimate of drug-likeness (QED) is 0.128. The van der Waals surface area contributed by atoms with Crippen LogP contribution in [0.5, 0.6) is 0 Å². The van der Waals surface area contributed by atoms with Crippen molar-refractivity contribution in [1.82, 2.24) is 16.0 Å². The van der Waals surface area contributed by atoms with E-state index in [1.807, 2.05) is 0 Å². The van der Waals surface area contributed by atoms with Crippen molar-refractivity contribution < 1.29 is 43.7 Å². The summed E-state index contributed by atoms with van der Waals surface area (Å²) in [5, 5.41) is 23.9. The smallest absolute Gasteiger partial charge is 0.339 e. The van der Waals surface area contributed by atoms with E-state index < -0.39 is 56.3 Å². The number of rotatable bonds is 12. The van der Waals surface area contributed by atoms with Crippen LogP contribution < -0.4 is 16.0 Å². The molecule has 7 N–H and O–H groups in total. The van der Waals surface area contributed by atoms with Crippen LogP contribution in [0.25, 0.3) is 0 Å². The zero-order valence-electron chi connectivity index (χ0n) is 12.9. The van der Waals surface area contributed by atoms with Crippen LogP contribution in [-0.2, 0) is 23.7 Å². The van der Waals surface area contributed by atoms with Gasteiger partial charge in [-0.05, 0) is 6.42 Å². The Kier molecular flexibility index (Phi) is 10.3. The summed E-state index contributed by atoms with van der Waals surface area (Å²) >= 11 is 3.86. The molecule has 0 saturated carbocycles. The van der Waals surface area contributed by atoms with E-state index in [0.717, 1.165) is 0 Å². The van der Waals surface area contributed by atoms with E-state index in [4.69, 9.17) is 20.0 Å². The van der Waals surface area contributed by atoms with Gasteiger partial charge in [0.1, 0.15) is 18.6 Å². The first-order chi connectivity index (χ1) is 11.5. The van der Waals surface area contributed by atoms with Crippen molar-refractivity contribution in [3.63, 3.8) is 0 Å². The lowest BCUT2D eigenvalue weighted by Gasteiger charge is -2.17. The van der Waals surface area contributed by atoms with E-state index in [9.17, 15) is 23.7 Å². The number of carboxylic acids is 2. The van der Waals surface area contributed by atoms with Gasteiger partial charge >= 0.3 is 19.5 Å². The van der Waals surface area contributed by atoms with Crippen molar-refractivity contribution >= 4 is 44.0 Å². The van der Waals surface area contributed by atoms with Gasteiger partial charge in [-0.1, -0.05) is 0 Å². The molecule has 12 nitrogen and oxygen atoms in total. The van der Waals surface area contributed by atoms with Crippen LogP contribution in [-0.4, -0.2) is 74.4 Å². The Balaban J connectivity index is 4.48. The number of amides is 2. The molecule has 2 atom stereocenters. The van der Waals surface area contributed by atoms with Crippen LogP contribution >= 0.6 is 20.2 Å². The maximum Gasteiger partial charge on any atom is 0.339 e. The molecule has 0 aliphatic heterocycles. The van der Waals surface area contributed by atoms with Gasteiger partial charge in [0.2, 0.25) is 11.8 Å². The van der Waals surface area contributed by atoms with E-state index >= 15 is 0 Å². The molecule has 0 aliphatic rings. The van der Waals surface area contributed by atoms with Crippen LogP contribution in [0.1, 0.15) is 12.8 Å². The van der Waals surface area contributed by atoms with Crippen molar-refractivity contribution in [3.05, 3.63) is 0 Å². The van der Waals surface area contributed by atoms with Crippen LogP contribution in [0.3, 0.4) is 0 Å². The molecule has 144 valence electrons. The van der Waals surface area contributed by atoms with E-state index in [1.54, 1.807) is 0 Å². The molecular weight excluding hydrogens is 381 g/mol. The second-order valence-corrected chi connectivity index (χ2v) is 6.88. The summed E-state index contributed by atoms with van der Waals surface area (Å²) in [5.74, 6) is -4.24. The molecule has 0 bridgehead atoms. The zero-order valence-corrected chi connectivity index (χ0v) is 14.7. The molecule has 2 amide bonds. The normalized spacial score (nSPS) is 13.6. The topological polar surface area (TPSA) is 202 Å². The third-order valence-electron chi connectivity index (χ3n) is 2.75. The Morgan fingerprint density at radius 2 is 1.68 bits per heavy atom. The zero-order chi connectivity index (χ0) is 19.6. The lowest BCUT2D eigenvalue weighted by Crippen LogP contribution is -2.49. The summed E-state index contributed by atoms with van der Waals surface area (Å²) in [6, 6.07) is -2.48. The van der Waals surface area contributed by atoms with Gasteiger partial charge in [0, 0.05) is 12.2 Å². The van der Waals surface area contributed by atoms with Crippen molar-refractivity contribution in [2.45, 2.75) is 24.9 Å². The molecule has 0 heterocycles. The Hall–Kier alpha value is -1.66. The monoisotopic (exact) mass is 401 g/mol. The minimum Gasteiger partial charge on any atom is -0.480 e. The summed E-state index contributed by atoms with van der Waals surface area (Å²) in [4.78, 5) is 62.2. The molecule has 0 rings (SSSR count). The average Bonchev–Trinajstić information content (AvgIpc) is 2.48. The van der Waals surface area contributed by atoms with Gasteiger partial charge in [-0.2, -0.15) is 12.6 Å². The summed E-state index contributed by atoms with van der Waals surface area (Å²) in [7, 11) is -4.45. The second kappa shape index (κ2) is 11.1. The highest BCUT2D eigenvalue weighted by atomic mass is 32.1. The molecule has 14 heteroatoms. The summed E-state index contributed by atoms with van der Waals surface area (Å²) in [6.07, 6.45) is -1.48. The fraction of sp³-hybridized carbons (Fsp3) is 0.636. The molecule has 0 aliphatic carbocycles. The maximum atomic E-state index is 11.8. The number of thiol groups is 1. The van der Waals surface area contributed by atoms with Gasteiger partial charge in [0.25, 0.3) is 0 Å². The van der Waals surface area contributed by atoms with Gasteiger partial charge < -0.3 is 30.6 Å². The molecule has 0 aromatic carbocycles. The van der Waals surface area contributed by atoms with Crippen LogP contribution in [0.15, 0.2) is 0 Å². The van der Waals surface area contributed by atoms with Crippen molar-refractivity contribution in [1.29, 1.82) is 0 Å². The maximum absolute atomic E-state index is 11.8. The number of carbonyl (C=O) groups is 4. The van der Waals surface area contributed by atoms with Gasteiger partial charge in [-0.15, -0.1) is 0 Å². The number of nitrogens with one attached hydrogen (secondary N) is 3. The van der Waals surface area contributed by atoms with Crippen LogP contribution in [0, 0.1) is 0 Å². The van der Waals surface area contributed by atoms with E-state index in [0.29, 0.717) is 0 Å². The highest BCUT2D eigenvalue weighted by Crippen LogP contribution is 2.32. The largest absolute Gasteiger partial charge is 0.480 e. The number of carbonyl (C=O) groups excluding carboxylic acids is 2. The molecule has 0 aromatic heterocycles. The van der Waals surface area contributed by atoms with Crippen LogP contribution in [0.4, 0.5) is 0 Å². The van der Waals surface area contributed by atoms with Gasteiger partial charge in [-0.25, -0.2) is 0 Å². The molecule has 0 aromatic rings. The number of hydrogen-bond donors (Lipinski definition) is 8. The predicted molar refractivity (Wildman–Crippen MR) is 87.1 cm³/mol. The fourth-order valence-electron chi connectivity index (χ4n) is 1.56. The van der Waals surface area contributed by atoms with Crippen molar-refractivity contribution in [2.75, 3.05) is 18.6 Å². The number of aliphatic carboxylic acids is 2. The van der Waals surface area contributed by atoms with E-state index in [2.05, 4.69) is 28.6 Å². The van der Waals surface area contributed by atoms with Gasteiger partial charge in [-0.3, -0.25) is 29.1 Å². The minimum absolute atomic E-state index is 0.115. The molecule has 2 unspecified atom stereocenters. The number of hydrogen-bond acceptors (Lipinski definition) is 7. The van der Waals surface area contributed by atoms with Crippen LogP contribution in [0.2, 0.25) is 0 Å². The Morgan fingerprint density at radius 1 is 1.08 bits per heavy atom. The third kappa shape index (κ3) is 11.5. The Bertz CT molecular complexity index is 553. The molecule has 25 heavy (non-hydrogen) atoms. The fourth-order valence-corrected chi connectivity index (χ4v) is 2.28. The summed E-state index contributed by atoms with van der Waals surface area (Å²) in [6.45, 7) is -0.633. The first-order valence-corrected chi connectivity index (χ1v) is 9.29. The molecule has 0 spiro atoms. The third-order valence-corrected chi connectivity index (χ3v) is 3.71. The Labute approximate surface area is 147 Å². The van der Waals surface area contributed by atoms with Crippen molar-refractivity contribution in [2.24, 2.45) is 0 Å². The van der Waals surface area contributed by atoms with Gasteiger partial charge in [0.05, 0.1) is 6.29 Å². The first kappa shape index (κ1) is 23.3. The summed E-state index contributed by atoms with van der Waals surface area (Å²) < 4.78 is 10.7. The molecule has 0 radical (unpaired) electrons. The summed E-state index contributed by atoms with van der Waals surface area (Å²) in [5.41, 5.74) is 0. The Morgan fingerprint density at radius 3 is 2.12 bits per heavy atom. The minimum atomic E-state index is -4.45. The second-order valence-electron chi connectivity index (χ2n) is 4.87. The highest BCUT2D eigenvalue weighted by Gasteiger charge is 2.24. The lowest BCUT2D eigenvalue weighted by atomic mass is 10.1. The highest BCUT2D eigenvalue weighted by molar-refractivity contribution is 7.80. The van der Waals surface area contributed by atoms with Gasteiger partial charge in [0.15, 0.2) is 0 Å². The van der Waals surface area contributed by atoms with E-state index in [1.165, 1.54) is 0 Å². The standard InChI is InChI=1S/C11H20N3O9PS/c15-8(14-7(4-25)10(18)12-3-9(16)17)2-1-6(11(19)20)13-5-24(21,22)23/h6-7,13,25H,1-5H2,(H,12,18)(H,14,15)(H,16,17)(H,19,20)(H2,21,22,23). The van der Waals surface area contributed by atoms with Crippen molar-refractivity contribution in [3.8, 4) is 0 Å². The first-order valence-electron chi connectivity index (χ1n) is 6.86. The molecular formula is C11H20N3O9PS. The molecule has 0 saturated heterocycles. The SMILES string of the molecule is O=C(O)CNC(=O)C(CS)NC(=O)CCC(NCP(=O)(O)O)C(=O)O. The number of carboxylic acid groups (broad SMARTS) is 2. The predicted octanol–water partition coefficient (Wildman–Crippen LogP) is -2.44. The van der Waals surface area contributed by atoms with E-state index in [-0.39, 0.29) is 18.6 Å². The lowest BCUT2D eigenvalue weighted by molar-refractivity contribution is -0.139. The average molecular weight is 401 g/mol. The molecule has 0 fully saturated rings.